The van der Waals surface area contributed by atoms with Gasteiger partial charge in [-0.25, -0.2) is 9.13 Å². The highest BCUT2D eigenvalue weighted by Gasteiger charge is 2.30. The standard InChI is InChI=1S/C93H144O17P2/c1-5-9-13-17-21-25-29-33-37-40-43-46-50-54-58-62-66-70-74-78-91(96)104-84-89(110-93(98)80-76-72-68-64-60-56-52-48-45-42-39-35-31-27-23-19-15-11-7-3)86-108-112(101,102)106-82-87(94)81-105-111(99,100)107-85-88(83-103-90(95)77-73-69-65-61-57-53-49-36-32-28-24-20-16-12-8-4)109-92(97)79-75-71-67-63-59-55-51-47-44-41-38-34-30-26-22-18-14-10-6-2/h9-11,13-15,21-23,25-27,33-39,43-49,54-56,58-60,66-68,70-72,87-89,94H,5-8,12,16-20,24,28-32,40-42,50-53,57,61-65,69,73-86H2,1-4H3,(H,99,100)(H,101,102)/b13-9-,14-10-,15-11-,25-21-,26-22-,27-23-,37-33-,38-34-,39-35-,46-43-,47-44-,48-45-,49-36-,58-54-,59-55-,60-56-,70-66-,71-67-,72-68-/t87-,88+,89+/m0/s1. The fourth-order valence-corrected chi connectivity index (χ4v) is 11.5. The summed E-state index contributed by atoms with van der Waals surface area (Å²) >= 11 is 0. The van der Waals surface area contributed by atoms with E-state index in [-0.39, 0.29) is 25.7 Å². The smallest absolute Gasteiger partial charge is 0.462 e. The predicted octanol–water partition coefficient (Wildman–Crippen LogP) is 25.0. The molecule has 0 saturated heterocycles. The van der Waals surface area contributed by atoms with Gasteiger partial charge in [0.25, 0.3) is 0 Å². The van der Waals surface area contributed by atoms with Crippen molar-refractivity contribution in [2.75, 3.05) is 39.6 Å². The van der Waals surface area contributed by atoms with Crippen LogP contribution in [0.2, 0.25) is 0 Å². The number of carbonyl (C=O) groups is 4. The monoisotopic (exact) mass is 1590 g/mol. The van der Waals surface area contributed by atoms with Crippen molar-refractivity contribution < 1.29 is 80.2 Å². The third kappa shape index (κ3) is 81.1. The first-order valence-corrected chi connectivity index (χ1v) is 44.6. The number of ether oxygens (including phenoxy) is 4. The van der Waals surface area contributed by atoms with Crippen LogP contribution in [-0.2, 0) is 65.4 Å². The summed E-state index contributed by atoms with van der Waals surface area (Å²) < 4.78 is 68.5. The predicted molar refractivity (Wildman–Crippen MR) is 463 cm³/mol. The molecule has 19 heteroatoms. The molecule has 0 aromatic carbocycles. The topological polar surface area (TPSA) is 237 Å². The van der Waals surface area contributed by atoms with Crippen molar-refractivity contribution in [3.8, 4) is 0 Å². The summed E-state index contributed by atoms with van der Waals surface area (Å²) in [7, 11) is -10.1. The van der Waals surface area contributed by atoms with Crippen molar-refractivity contribution >= 4 is 39.5 Å². The van der Waals surface area contributed by atoms with Gasteiger partial charge in [0.1, 0.15) is 19.3 Å². The highest BCUT2D eigenvalue weighted by molar-refractivity contribution is 7.47. The molecule has 0 heterocycles. The van der Waals surface area contributed by atoms with Gasteiger partial charge in [-0.1, -0.05) is 310 Å². The Bertz CT molecular complexity index is 3040. The third-order valence-electron chi connectivity index (χ3n) is 16.1. The van der Waals surface area contributed by atoms with E-state index in [0.717, 1.165) is 135 Å². The molecule has 0 spiro atoms. The first-order chi connectivity index (χ1) is 54.7. The average Bonchev–Trinajstić information content (AvgIpc) is 0.908. The van der Waals surface area contributed by atoms with Gasteiger partial charge in [-0.15, -0.1) is 0 Å². The molecule has 5 atom stereocenters. The number of phosphoric acid groups is 2. The fourth-order valence-electron chi connectivity index (χ4n) is 9.94. The molecule has 112 heavy (non-hydrogen) atoms. The van der Waals surface area contributed by atoms with Crippen LogP contribution >= 0.6 is 15.6 Å². The molecule has 0 fully saturated rings. The lowest BCUT2D eigenvalue weighted by Gasteiger charge is -2.21. The molecule has 0 aliphatic carbocycles. The number of phosphoric ester groups is 2. The number of allylic oxidation sites excluding steroid dienone is 38. The van der Waals surface area contributed by atoms with Crippen LogP contribution in [0.3, 0.4) is 0 Å². The van der Waals surface area contributed by atoms with Crippen LogP contribution in [0.1, 0.15) is 272 Å². The van der Waals surface area contributed by atoms with Gasteiger partial charge in [0.15, 0.2) is 12.2 Å². The van der Waals surface area contributed by atoms with Crippen LogP contribution in [0, 0.1) is 0 Å². The highest BCUT2D eigenvalue weighted by atomic mass is 31.2. The molecule has 0 rings (SSSR count). The lowest BCUT2D eigenvalue weighted by Crippen LogP contribution is -2.30. The Labute approximate surface area is 676 Å². The Morgan fingerprint density at radius 2 is 0.482 bits per heavy atom. The van der Waals surface area contributed by atoms with E-state index < -0.39 is 97.5 Å². The maximum atomic E-state index is 13.1. The van der Waals surface area contributed by atoms with Crippen molar-refractivity contribution in [2.24, 2.45) is 0 Å². The second-order valence-electron chi connectivity index (χ2n) is 26.6. The van der Waals surface area contributed by atoms with Crippen LogP contribution in [0.25, 0.3) is 0 Å². The van der Waals surface area contributed by atoms with Crippen LogP contribution in [0.5, 0.6) is 0 Å². The quantitative estimate of drug-likeness (QED) is 0.0169. The zero-order chi connectivity index (χ0) is 81.7. The normalized spacial score (nSPS) is 15.0. The Balaban J connectivity index is 5.63. The van der Waals surface area contributed by atoms with E-state index >= 15 is 0 Å². The molecule has 0 amide bonds. The summed E-state index contributed by atoms with van der Waals surface area (Å²) in [4.78, 5) is 73.1. The van der Waals surface area contributed by atoms with Gasteiger partial charge in [-0.2, -0.15) is 0 Å². The lowest BCUT2D eigenvalue weighted by molar-refractivity contribution is -0.161. The van der Waals surface area contributed by atoms with Crippen LogP contribution in [0.4, 0.5) is 0 Å². The average molecular weight is 1600 g/mol. The number of aliphatic hydroxyl groups is 1. The molecule has 0 aromatic rings. The molecular formula is C93H144O17P2. The van der Waals surface area contributed by atoms with Gasteiger partial charge in [0.05, 0.1) is 26.4 Å². The molecule has 3 N–H and O–H groups in total. The first-order valence-electron chi connectivity index (χ1n) is 41.6. The molecule has 0 aliphatic rings. The molecule has 0 bridgehead atoms. The Kier molecular flexibility index (Phi) is 77.1. The molecular weight excluding hydrogens is 1450 g/mol. The summed E-state index contributed by atoms with van der Waals surface area (Å²) in [5, 5.41) is 10.7. The summed E-state index contributed by atoms with van der Waals surface area (Å²) in [6.07, 6.45) is 106. The van der Waals surface area contributed by atoms with Crippen LogP contribution in [-0.4, -0.2) is 96.7 Å². The molecule has 628 valence electrons. The summed E-state index contributed by atoms with van der Waals surface area (Å²) in [6.45, 7) is 4.22. The fraction of sp³-hybridized carbons (Fsp3) is 0.548. The number of aliphatic hydroxyl groups excluding tert-OH is 1. The number of esters is 4. The first kappa shape index (κ1) is 105. The number of rotatable bonds is 75. The van der Waals surface area contributed by atoms with E-state index in [1.807, 2.05) is 54.7 Å². The minimum Gasteiger partial charge on any atom is -0.462 e. The van der Waals surface area contributed by atoms with Crippen molar-refractivity contribution in [1.82, 2.24) is 0 Å². The maximum absolute atomic E-state index is 13.1. The number of hydrogen-bond acceptors (Lipinski definition) is 15. The number of hydrogen-bond donors (Lipinski definition) is 3. The number of unbranched alkanes of at least 4 members (excludes halogenated alkanes) is 11. The van der Waals surface area contributed by atoms with Gasteiger partial charge in [0, 0.05) is 25.7 Å². The van der Waals surface area contributed by atoms with Gasteiger partial charge in [-0.05, 0) is 167 Å². The van der Waals surface area contributed by atoms with E-state index in [1.54, 1.807) is 0 Å². The Hall–Kier alpha value is -6.88. The van der Waals surface area contributed by atoms with Crippen molar-refractivity contribution in [3.63, 3.8) is 0 Å². The maximum Gasteiger partial charge on any atom is 0.472 e. The molecule has 0 aliphatic heterocycles. The lowest BCUT2D eigenvalue weighted by atomic mass is 10.1. The van der Waals surface area contributed by atoms with Crippen LogP contribution < -0.4 is 0 Å². The van der Waals surface area contributed by atoms with E-state index in [9.17, 15) is 43.2 Å². The zero-order valence-electron chi connectivity index (χ0n) is 68.7. The molecule has 0 saturated carbocycles. The van der Waals surface area contributed by atoms with Crippen molar-refractivity contribution in [2.45, 2.75) is 290 Å². The second kappa shape index (κ2) is 82.1. The minimum absolute atomic E-state index is 0.00785. The summed E-state index contributed by atoms with van der Waals surface area (Å²) in [6, 6.07) is 0. The Morgan fingerprint density at radius 1 is 0.259 bits per heavy atom. The number of carbonyl (C=O) groups excluding carboxylic acids is 4. The SMILES string of the molecule is CC/C=C\C/C=C\C/C=C\C/C=C\C/C=C\C/C=C\CCC(=O)OC[C@H](COP(=O)(O)OC[C@@H](O)COP(=O)(O)OC[C@@H](COC(=O)CCCCCCC/C=C\CCCCCCCC)OC(=O)CC/C=C\C/C=C\C/C=C\C/C=C\C/C=C\C/C=C\CC)OC(=O)CC/C=C\C/C=C\C/C=C\C/C=C\C/C=C\C/C=C\CC. The van der Waals surface area contributed by atoms with E-state index in [0.29, 0.717) is 44.9 Å². The largest absolute Gasteiger partial charge is 0.472 e. The van der Waals surface area contributed by atoms with Crippen molar-refractivity contribution in [3.05, 3.63) is 231 Å². The van der Waals surface area contributed by atoms with Crippen LogP contribution in [0.15, 0.2) is 231 Å². The van der Waals surface area contributed by atoms with Gasteiger partial charge in [-0.3, -0.25) is 37.3 Å². The highest BCUT2D eigenvalue weighted by Crippen LogP contribution is 2.45. The Morgan fingerprint density at radius 3 is 0.768 bits per heavy atom. The minimum atomic E-state index is -5.04. The van der Waals surface area contributed by atoms with E-state index in [4.69, 9.17) is 37.0 Å². The summed E-state index contributed by atoms with van der Waals surface area (Å²) in [5.74, 6) is -2.51. The molecule has 2 unspecified atom stereocenters. The molecule has 0 aromatic heterocycles. The van der Waals surface area contributed by atoms with Gasteiger partial charge >= 0.3 is 39.5 Å². The van der Waals surface area contributed by atoms with Gasteiger partial charge in [0.2, 0.25) is 0 Å². The van der Waals surface area contributed by atoms with E-state index in [1.165, 1.54) is 38.5 Å². The van der Waals surface area contributed by atoms with Crippen molar-refractivity contribution in [1.29, 1.82) is 0 Å². The third-order valence-corrected chi connectivity index (χ3v) is 18.0. The van der Waals surface area contributed by atoms with E-state index in [2.05, 4.69) is 204 Å². The zero-order valence-corrected chi connectivity index (χ0v) is 70.5. The summed E-state index contributed by atoms with van der Waals surface area (Å²) in [5.41, 5.74) is 0. The van der Waals surface area contributed by atoms with Gasteiger partial charge < -0.3 is 33.8 Å². The molecule has 17 nitrogen and oxygen atoms in total. The second-order valence-corrected chi connectivity index (χ2v) is 29.5. The molecule has 0 radical (unpaired) electrons.